The van der Waals surface area contributed by atoms with E-state index in [1.165, 1.54) is 51.4 Å². The number of carboxylic acids is 1. The van der Waals surface area contributed by atoms with E-state index in [-0.39, 0.29) is 31.2 Å². The van der Waals surface area contributed by atoms with Gasteiger partial charge in [0.2, 0.25) is 0 Å². The second-order valence-corrected chi connectivity index (χ2v) is 10.8. The fraction of sp³-hybridized carbons (Fsp3) is 0.724. The number of ether oxygens (including phenoxy) is 4. The summed E-state index contributed by atoms with van der Waals surface area (Å²) in [5, 5.41) is 14.5. The molecule has 3 N–H and O–H groups in total. The lowest BCUT2D eigenvalue weighted by molar-refractivity contribution is -0.217. The van der Waals surface area contributed by atoms with Crippen LogP contribution >= 0.6 is 0 Å². The molecule has 0 radical (unpaired) electrons. The molecule has 2 heterocycles. The van der Waals surface area contributed by atoms with Crippen molar-refractivity contribution in [2.24, 2.45) is 0 Å². The largest absolute Gasteiger partial charge is 0.481 e. The first-order valence-corrected chi connectivity index (χ1v) is 14.3. The zero-order valence-electron chi connectivity index (χ0n) is 23.2. The summed E-state index contributed by atoms with van der Waals surface area (Å²) in [5.41, 5.74) is 1.24. The number of amides is 2. The number of hydrogen-bond donors (Lipinski definition) is 3. The number of hydrogen-bond acceptors (Lipinski definition) is 6. The molecule has 2 fully saturated rings. The van der Waals surface area contributed by atoms with Gasteiger partial charge in [0, 0.05) is 18.8 Å². The number of benzene rings is 1. The van der Waals surface area contributed by atoms with Gasteiger partial charge in [-0.15, -0.1) is 0 Å². The van der Waals surface area contributed by atoms with Crippen LogP contribution in [0.15, 0.2) is 24.3 Å². The summed E-state index contributed by atoms with van der Waals surface area (Å²) in [6.07, 6.45) is 10.9. The molecule has 214 valence electrons. The van der Waals surface area contributed by atoms with Gasteiger partial charge >= 0.3 is 12.0 Å². The van der Waals surface area contributed by atoms with E-state index in [1.54, 1.807) is 24.3 Å². The molecule has 0 aliphatic carbocycles. The normalized spacial score (nSPS) is 23.8. The molecule has 2 saturated heterocycles. The quantitative estimate of drug-likeness (QED) is 0.222. The molecule has 0 bridgehead atoms. The van der Waals surface area contributed by atoms with Crippen LogP contribution in [0.5, 0.6) is 0 Å². The maximum Gasteiger partial charge on any atom is 0.319 e. The lowest BCUT2D eigenvalue weighted by atomic mass is 10.1. The van der Waals surface area contributed by atoms with Crippen LogP contribution in [0.3, 0.4) is 0 Å². The van der Waals surface area contributed by atoms with Crippen molar-refractivity contribution in [3.05, 3.63) is 29.8 Å². The molecule has 4 atom stereocenters. The third-order valence-corrected chi connectivity index (χ3v) is 6.93. The van der Waals surface area contributed by atoms with Crippen LogP contribution in [0.1, 0.15) is 90.5 Å². The number of urea groups is 1. The Hall–Kier alpha value is -2.20. The highest BCUT2D eigenvalue weighted by Gasteiger charge is 2.55. The molecule has 0 aromatic heterocycles. The molecular formula is C29H46N2O7. The summed E-state index contributed by atoms with van der Waals surface area (Å²) in [6.45, 7) is 6.82. The molecule has 2 aliphatic heterocycles. The topological polar surface area (TPSA) is 115 Å². The molecule has 1 aromatic rings. The highest BCUT2D eigenvalue weighted by molar-refractivity contribution is 5.89. The molecule has 1 aromatic carbocycles. The highest BCUT2D eigenvalue weighted by atomic mass is 16.8. The van der Waals surface area contributed by atoms with Crippen LogP contribution < -0.4 is 10.6 Å². The van der Waals surface area contributed by atoms with Gasteiger partial charge in [-0.2, -0.15) is 0 Å². The number of carbonyl (C=O) groups is 2. The SMILES string of the molecule is CCCCCCCCCCCCOC1C(CNC(=O)Nc2ccc(CC(=O)O)cc2)O[C@@H]2OC(C)(C)O[C@H]12. The van der Waals surface area contributed by atoms with Crippen molar-refractivity contribution < 1.29 is 33.6 Å². The van der Waals surface area contributed by atoms with Crippen LogP contribution in [0.4, 0.5) is 10.5 Å². The third kappa shape index (κ3) is 10.2. The highest BCUT2D eigenvalue weighted by Crippen LogP contribution is 2.38. The molecule has 3 rings (SSSR count). The maximum atomic E-state index is 12.5. The Morgan fingerprint density at radius 1 is 0.947 bits per heavy atom. The lowest BCUT2D eigenvalue weighted by Crippen LogP contribution is -2.44. The van der Waals surface area contributed by atoms with Gasteiger partial charge in [-0.3, -0.25) is 4.79 Å². The average Bonchev–Trinajstić information content (AvgIpc) is 3.33. The molecule has 2 aliphatic rings. The predicted molar refractivity (Wildman–Crippen MR) is 145 cm³/mol. The Morgan fingerprint density at radius 2 is 1.58 bits per heavy atom. The number of carboxylic acid groups (broad SMARTS) is 1. The smallest absolute Gasteiger partial charge is 0.319 e. The lowest BCUT2D eigenvalue weighted by Gasteiger charge is -2.26. The minimum atomic E-state index is -0.897. The van der Waals surface area contributed by atoms with Gasteiger partial charge in [0.1, 0.15) is 18.3 Å². The number of carbonyl (C=O) groups excluding carboxylic acids is 1. The van der Waals surface area contributed by atoms with Crippen molar-refractivity contribution in [3.63, 3.8) is 0 Å². The van der Waals surface area contributed by atoms with Crippen molar-refractivity contribution in [3.8, 4) is 0 Å². The van der Waals surface area contributed by atoms with Gasteiger partial charge < -0.3 is 34.7 Å². The Bertz CT molecular complexity index is 861. The number of anilines is 1. The molecule has 38 heavy (non-hydrogen) atoms. The molecule has 9 heteroatoms. The number of rotatable bonds is 17. The summed E-state index contributed by atoms with van der Waals surface area (Å²) in [7, 11) is 0. The summed E-state index contributed by atoms with van der Waals surface area (Å²) >= 11 is 0. The van der Waals surface area contributed by atoms with Gasteiger partial charge in [-0.1, -0.05) is 76.8 Å². The van der Waals surface area contributed by atoms with E-state index >= 15 is 0 Å². The first-order valence-electron chi connectivity index (χ1n) is 14.3. The van der Waals surface area contributed by atoms with E-state index in [2.05, 4.69) is 17.6 Å². The van der Waals surface area contributed by atoms with E-state index < -0.39 is 24.2 Å². The first kappa shape index (κ1) is 30.3. The fourth-order valence-corrected chi connectivity index (χ4v) is 4.97. The van der Waals surface area contributed by atoms with E-state index in [0.29, 0.717) is 17.9 Å². The van der Waals surface area contributed by atoms with Crippen molar-refractivity contribution in [2.45, 2.75) is 122 Å². The van der Waals surface area contributed by atoms with Gasteiger partial charge in [0.15, 0.2) is 12.1 Å². The van der Waals surface area contributed by atoms with Crippen LogP contribution in [0.25, 0.3) is 0 Å². The van der Waals surface area contributed by atoms with E-state index in [0.717, 1.165) is 12.8 Å². The first-order chi connectivity index (χ1) is 18.3. The summed E-state index contributed by atoms with van der Waals surface area (Å²) in [5.74, 6) is -1.64. The summed E-state index contributed by atoms with van der Waals surface area (Å²) in [6, 6.07) is 6.33. The third-order valence-electron chi connectivity index (χ3n) is 6.93. The van der Waals surface area contributed by atoms with Crippen LogP contribution in [-0.2, 0) is 30.2 Å². The standard InChI is InChI=1S/C29H46N2O7/c1-4-5-6-7-8-9-10-11-12-13-18-35-25-23(36-27-26(25)37-29(2,3)38-27)20-30-28(34)31-22-16-14-21(15-17-22)19-24(32)33/h14-17,23,25-27H,4-13,18-20H2,1-3H3,(H,32,33)(H2,30,31,34)/t23?,25?,26-,27-/m1/s1. The second-order valence-electron chi connectivity index (χ2n) is 10.8. The Morgan fingerprint density at radius 3 is 2.21 bits per heavy atom. The van der Waals surface area contributed by atoms with Crippen LogP contribution in [-0.4, -0.2) is 60.6 Å². The second kappa shape index (κ2) is 15.4. The zero-order valence-corrected chi connectivity index (χ0v) is 23.2. The number of aliphatic carboxylic acids is 1. The zero-order chi connectivity index (χ0) is 27.4. The van der Waals surface area contributed by atoms with Crippen LogP contribution in [0, 0.1) is 0 Å². The summed E-state index contributed by atoms with van der Waals surface area (Å²) < 4.78 is 24.3. The number of fused-ring (bicyclic) bond motifs is 1. The average molecular weight is 535 g/mol. The minimum Gasteiger partial charge on any atom is -0.481 e. The number of nitrogens with one attached hydrogen (secondary N) is 2. The molecule has 0 saturated carbocycles. The van der Waals surface area contributed by atoms with Gasteiger partial charge in [0.25, 0.3) is 0 Å². The Labute approximate surface area is 226 Å². The summed E-state index contributed by atoms with van der Waals surface area (Å²) in [4.78, 5) is 23.3. The Balaban J connectivity index is 1.39. The van der Waals surface area contributed by atoms with Gasteiger partial charge in [-0.25, -0.2) is 4.79 Å². The fourth-order valence-electron chi connectivity index (χ4n) is 4.97. The number of unbranched alkanes of at least 4 members (excludes halogenated alkanes) is 9. The van der Waals surface area contributed by atoms with E-state index in [1.807, 2.05) is 13.8 Å². The van der Waals surface area contributed by atoms with E-state index in [4.69, 9.17) is 24.1 Å². The molecule has 2 amide bonds. The van der Waals surface area contributed by atoms with Crippen molar-refractivity contribution in [1.82, 2.24) is 5.32 Å². The molecular weight excluding hydrogens is 488 g/mol. The maximum absolute atomic E-state index is 12.5. The van der Waals surface area contributed by atoms with Gasteiger partial charge in [0.05, 0.1) is 6.42 Å². The minimum absolute atomic E-state index is 0.0602. The molecule has 9 nitrogen and oxygen atoms in total. The van der Waals surface area contributed by atoms with Crippen LogP contribution in [0.2, 0.25) is 0 Å². The van der Waals surface area contributed by atoms with Crippen molar-refractivity contribution in [2.75, 3.05) is 18.5 Å². The molecule has 2 unspecified atom stereocenters. The molecule has 0 spiro atoms. The Kier molecular flexibility index (Phi) is 12.3. The predicted octanol–water partition coefficient (Wildman–Crippen LogP) is 5.62. The van der Waals surface area contributed by atoms with Crippen molar-refractivity contribution in [1.29, 1.82) is 0 Å². The van der Waals surface area contributed by atoms with Crippen molar-refractivity contribution >= 4 is 17.7 Å². The monoisotopic (exact) mass is 534 g/mol. The van der Waals surface area contributed by atoms with Gasteiger partial charge in [-0.05, 0) is 38.0 Å². The van der Waals surface area contributed by atoms with E-state index in [9.17, 15) is 9.59 Å².